The summed E-state index contributed by atoms with van der Waals surface area (Å²) < 4.78 is 2.81. The van der Waals surface area contributed by atoms with Crippen LogP contribution in [0.25, 0.3) is 0 Å². The van der Waals surface area contributed by atoms with Gasteiger partial charge in [-0.05, 0) is 36.8 Å². The maximum absolute atomic E-state index is 6.10. The van der Waals surface area contributed by atoms with Crippen molar-refractivity contribution in [2.45, 2.75) is 20.0 Å². The average molecular weight is 385 g/mol. The van der Waals surface area contributed by atoms with Crippen LogP contribution in [0.5, 0.6) is 0 Å². The molecule has 0 aliphatic carbocycles. The summed E-state index contributed by atoms with van der Waals surface area (Å²) in [6, 6.07) is 8.09. The van der Waals surface area contributed by atoms with E-state index in [1.165, 1.54) is 10.6 Å². The van der Waals surface area contributed by atoms with E-state index in [0.717, 1.165) is 59.9 Å². The second-order valence-electron chi connectivity index (χ2n) is 5.97. The van der Waals surface area contributed by atoms with Crippen molar-refractivity contribution in [2.24, 2.45) is 0 Å². The fraction of sp³-hybridized carbons (Fsp3) is 0.500. The standard InChI is InChI=1S/C16H22ClN5S2/c1-2-6-18-15-19-22(16(23)24-15)12-20-7-9-21(10-8-20)14-5-3-4-13(17)11-14/h3-5,11H,2,6-10,12H2,1H3,(H,18,19)/p+1. The van der Waals surface area contributed by atoms with Crippen LogP contribution >= 0.6 is 35.2 Å². The summed E-state index contributed by atoms with van der Waals surface area (Å²) in [6.45, 7) is 8.11. The molecule has 1 aliphatic heterocycles. The first-order valence-corrected chi connectivity index (χ1v) is 9.92. The molecule has 8 heteroatoms. The molecule has 1 fully saturated rings. The normalized spacial score (nSPS) is 15.7. The number of anilines is 2. The second-order valence-corrected chi connectivity index (χ2v) is 8.03. The Morgan fingerprint density at radius 1 is 1.38 bits per heavy atom. The van der Waals surface area contributed by atoms with Crippen molar-refractivity contribution in [2.75, 3.05) is 42.9 Å². The number of nitrogens with one attached hydrogen (secondary N) is 2. The Labute approximate surface area is 156 Å². The minimum absolute atomic E-state index is 0.795. The maximum Gasteiger partial charge on any atom is 0.204 e. The summed E-state index contributed by atoms with van der Waals surface area (Å²) in [5, 5.41) is 9.64. The lowest BCUT2D eigenvalue weighted by atomic mass is 10.2. The van der Waals surface area contributed by atoms with Gasteiger partial charge in [0.1, 0.15) is 0 Å². The maximum atomic E-state index is 6.10. The molecule has 1 aliphatic rings. The van der Waals surface area contributed by atoms with E-state index in [1.807, 2.05) is 22.9 Å². The molecule has 0 saturated carbocycles. The van der Waals surface area contributed by atoms with Crippen molar-refractivity contribution in [1.29, 1.82) is 0 Å². The molecule has 0 spiro atoms. The number of rotatable bonds is 6. The molecule has 2 heterocycles. The molecular weight excluding hydrogens is 362 g/mol. The number of nitrogens with zero attached hydrogens (tertiary/aromatic N) is 3. The Balaban J connectivity index is 1.56. The van der Waals surface area contributed by atoms with E-state index >= 15 is 0 Å². The molecule has 2 aromatic rings. The van der Waals surface area contributed by atoms with Crippen LogP contribution in [-0.2, 0) is 6.67 Å². The van der Waals surface area contributed by atoms with Gasteiger partial charge in [-0.25, -0.2) is 0 Å². The summed E-state index contributed by atoms with van der Waals surface area (Å²) in [4.78, 5) is 3.90. The van der Waals surface area contributed by atoms with Crippen LogP contribution < -0.4 is 15.1 Å². The minimum Gasteiger partial charge on any atom is -0.360 e. The van der Waals surface area contributed by atoms with Gasteiger partial charge in [0.05, 0.1) is 26.2 Å². The zero-order valence-corrected chi connectivity index (χ0v) is 16.2. The van der Waals surface area contributed by atoms with Crippen LogP contribution in [0.4, 0.5) is 10.8 Å². The largest absolute Gasteiger partial charge is 0.360 e. The van der Waals surface area contributed by atoms with Crippen LogP contribution in [0.3, 0.4) is 0 Å². The highest BCUT2D eigenvalue weighted by Crippen LogP contribution is 2.19. The monoisotopic (exact) mass is 384 g/mol. The van der Waals surface area contributed by atoms with Crippen molar-refractivity contribution in [1.82, 2.24) is 9.78 Å². The molecule has 1 saturated heterocycles. The van der Waals surface area contributed by atoms with Gasteiger partial charge in [0.15, 0.2) is 10.6 Å². The highest BCUT2D eigenvalue weighted by molar-refractivity contribution is 7.73. The number of halogens is 1. The molecule has 0 atom stereocenters. The van der Waals surface area contributed by atoms with Gasteiger partial charge in [-0.3, -0.25) is 0 Å². The first-order chi connectivity index (χ1) is 11.7. The number of hydrogen-bond donors (Lipinski definition) is 2. The first-order valence-electron chi connectivity index (χ1n) is 8.31. The fourth-order valence-corrected chi connectivity index (χ4v) is 4.05. The third kappa shape index (κ3) is 4.47. The Morgan fingerprint density at radius 2 is 2.17 bits per heavy atom. The lowest BCUT2D eigenvalue weighted by Gasteiger charge is -2.33. The molecule has 3 rings (SSSR count). The molecule has 0 unspecified atom stereocenters. The topological polar surface area (TPSA) is 37.5 Å². The summed E-state index contributed by atoms with van der Waals surface area (Å²) in [6.07, 6.45) is 1.09. The Morgan fingerprint density at radius 3 is 2.88 bits per heavy atom. The molecule has 1 aromatic heterocycles. The smallest absolute Gasteiger partial charge is 0.204 e. The molecular formula is C16H23ClN5S2+. The summed E-state index contributed by atoms with van der Waals surface area (Å²) in [5.74, 6) is 0. The zero-order valence-electron chi connectivity index (χ0n) is 13.8. The van der Waals surface area contributed by atoms with E-state index in [4.69, 9.17) is 23.8 Å². The van der Waals surface area contributed by atoms with Gasteiger partial charge in [0.2, 0.25) is 5.13 Å². The number of quaternary nitrogens is 1. The molecule has 5 nitrogen and oxygen atoms in total. The van der Waals surface area contributed by atoms with E-state index in [0.29, 0.717) is 0 Å². The van der Waals surface area contributed by atoms with E-state index in [9.17, 15) is 0 Å². The van der Waals surface area contributed by atoms with Crippen molar-refractivity contribution in [3.63, 3.8) is 0 Å². The quantitative estimate of drug-likeness (QED) is 0.750. The van der Waals surface area contributed by atoms with Crippen LogP contribution in [0.1, 0.15) is 13.3 Å². The zero-order chi connectivity index (χ0) is 16.9. The van der Waals surface area contributed by atoms with Crippen LogP contribution in [-0.4, -0.2) is 42.5 Å². The molecule has 2 N–H and O–H groups in total. The van der Waals surface area contributed by atoms with E-state index in [2.05, 4.69) is 28.3 Å². The number of benzene rings is 1. The molecule has 1 aromatic carbocycles. The molecule has 24 heavy (non-hydrogen) atoms. The van der Waals surface area contributed by atoms with E-state index in [1.54, 1.807) is 11.3 Å². The third-order valence-electron chi connectivity index (χ3n) is 4.15. The molecule has 0 amide bonds. The van der Waals surface area contributed by atoms with Crippen molar-refractivity contribution >= 4 is 46.0 Å². The van der Waals surface area contributed by atoms with Crippen molar-refractivity contribution < 1.29 is 4.90 Å². The van der Waals surface area contributed by atoms with E-state index < -0.39 is 0 Å². The molecule has 0 radical (unpaired) electrons. The Kier molecular flexibility index (Phi) is 6.10. The van der Waals surface area contributed by atoms with Gasteiger partial charge in [-0.15, -0.1) is 5.10 Å². The van der Waals surface area contributed by atoms with Gasteiger partial charge in [-0.1, -0.05) is 35.9 Å². The first kappa shape index (κ1) is 17.7. The summed E-state index contributed by atoms with van der Waals surface area (Å²) >= 11 is 13.1. The predicted molar refractivity (Wildman–Crippen MR) is 104 cm³/mol. The minimum atomic E-state index is 0.795. The molecule has 130 valence electrons. The van der Waals surface area contributed by atoms with Crippen molar-refractivity contribution in [3.05, 3.63) is 33.2 Å². The van der Waals surface area contributed by atoms with Gasteiger partial charge in [0, 0.05) is 17.3 Å². The van der Waals surface area contributed by atoms with Gasteiger partial charge in [0.25, 0.3) is 0 Å². The second kappa shape index (κ2) is 8.29. The highest BCUT2D eigenvalue weighted by Gasteiger charge is 2.21. The predicted octanol–water partition coefficient (Wildman–Crippen LogP) is 2.51. The van der Waals surface area contributed by atoms with Crippen LogP contribution in [0, 0.1) is 3.95 Å². The summed E-state index contributed by atoms with van der Waals surface area (Å²) in [7, 11) is 0. The third-order valence-corrected chi connectivity index (χ3v) is 5.65. The molecule has 0 bridgehead atoms. The Bertz CT molecular complexity index is 721. The average Bonchev–Trinajstić information content (AvgIpc) is 2.93. The van der Waals surface area contributed by atoms with Crippen LogP contribution in [0.15, 0.2) is 24.3 Å². The lowest BCUT2D eigenvalue weighted by Crippen LogP contribution is -3.14. The van der Waals surface area contributed by atoms with Gasteiger partial charge < -0.3 is 15.1 Å². The SMILES string of the molecule is CCCNc1nn(C[NH+]2CCN(c3cccc(Cl)c3)CC2)c(=S)s1. The number of hydrogen-bond acceptors (Lipinski definition) is 5. The van der Waals surface area contributed by atoms with Gasteiger partial charge in [-0.2, -0.15) is 4.68 Å². The lowest BCUT2D eigenvalue weighted by molar-refractivity contribution is -0.924. The van der Waals surface area contributed by atoms with Gasteiger partial charge >= 0.3 is 0 Å². The Hall–Kier alpha value is -1.15. The summed E-state index contributed by atoms with van der Waals surface area (Å²) in [5.41, 5.74) is 1.21. The fourth-order valence-electron chi connectivity index (χ4n) is 2.83. The highest BCUT2D eigenvalue weighted by atomic mass is 35.5. The van der Waals surface area contributed by atoms with Crippen molar-refractivity contribution in [3.8, 4) is 0 Å². The number of piperazine rings is 1. The van der Waals surface area contributed by atoms with E-state index in [-0.39, 0.29) is 0 Å². The van der Waals surface area contributed by atoms with Crippen LogP contribution in [0.2, 0.25) is 5.02 Å². The number of aromatic nitrogens is 2.